The first-order valence-electron chi connectivity index (χ1n) is 11.3. The molecule has 1 aromatic carbocycles. The number of anilines is 1. The molecule has 2 fully saturated rings. The monoisotopic (exact) mass is 473 g/mol. The summed E-state index contributed by atoms with van der Waals surface area (Å²) in [5, 5.41) is 15.7. The lowest BCUT2D eigenvalue weighted by molar-refractivity contribution is -0.0192. The molecule has 1 atom stereocenters. The maximum Gasteiger partial charge on any atom is 0.225 e. The molecule has 0 saturated carbocycles. The highest BCUT2D eigenvalue weighted by atomic mass is 19.1. The van der Waals surface area contributed by atoms with E-state index >= 15 is 0 Å². The van der Waals surface area contributed by atoms with Gasteiger partial charge in [-0.3, -0.25) is 4.90 Å². The molecule has 180 valence electrons. The minimum atomic E-state index is -1.61. The number of likely N-dealkylation sites (tertiary alicyclic amines) is 1. The molecule has 0 bridgehead atoms. The first-order valence-corrected chi connectivity index (χ1v) is 11.3. The molecule has 0 radical (unpaired) electrons. The molecule has 1 N–H and O–H groups in total. The fraction of sp³-hybridized carbons (Fsp3) is 0.478. The van der Waals surface area contributed by atoms with Gasteiger partial charge in [0.05, 0.1) is 18.9 Å². The Morgan fingerprint density at radius 2 is 1.71 bits per heavy atom. The van der Waals surface area contributed by atoms with Gasteiger partial charge < -0.3 is 10.0 Å². The number of aliphatic hydroxyl groups is 1. The zero-order valence-electron chi connectivity index (χ0n) is 18.6. The van der Waals surface area contributed by atoms with Gasteiger partial charge in [-0.1, -0.05) is 6.07 Å². The van der Waals surface area contributed by atoms with E-state index in [0.29, 0.717) is 5.95 Å². The minimum Gasteiger partial charge on any atom is -0.382 e. The SMILES string of the molecule is OC(CN1CCC2(CCN(c3ncc(F)cn3)CC2)C1)(Cn1cncn1)c1ccc(F)cc1F. The molecule has 2 aliphatic heterocycles. The van der Waals surface area contributed by atoms with Crippen LogP contribution in [0.3, 0.4) is 0 Å². The smallest absolute Gasteiger partial charge is 0.225 e. The van der Waals surface area contributed by atoms with E-state index in [1.165, 1.54) is 35.8 Å². The molecule has 4 heterocycles. The molecule has 1 spiro atoms. The van der Waals surface area contributed by atoms with Crippen LogP contribution in [0.4, 0.5) is 19.1 Å². The zero-order chi connectivity index (χ0) is 23.8. The summed E-state index contributed by atoms with van der Waals surface area (Å²) in [6, 6.07) is 3.25. The van der Waals surface area contributed by atoms with Gasteiger partial charge in [0.15, 0.2) is 5.82 Å². The van der Waals surface area contributed by atoms with Crippen molar-refractivity contribution >= 4 is 5.95 Å². The quantitative estimate of drug-likeness (QED) is 0.589. The molecule has 11 heteroatoms. The number of β-amino-alcohol motifs (C(OH)–C–C–N with tert-alkyl or cyclic N) is 1. The van der Waals surface area contributed by atoms with Crippen LogP contribution >= 0.6 is 0 Å². The zero-order valence-corrected chi connectivity index (χ0v) is 18.6. The van der Waals surface area contributed by atoms with E-state index in [-0.39, 0.29) is 24.1 Å². The van der Waals surface area contributed by atoms with Gasteiger partial charge in [0, 0.05) is 37.8 Å². The predicted octanol–water partition coefficient (Wildman–Crippen LogP) is 2.37. The van der Waals surface area contributed by atoms with Crippen molar-refractivity contribution in [3.05, 3.63) is 66.3 Å². The van der Waals surface area contributed by atoms with Crippen LogP contribution in [0.25, 0.3) is 0 Å². The summed E-state index contributed by atoms with van der Waals surface area (Å²) in [6.07, 6.45) is 7.95. The highest BCUT2D eigenvalue weighted by Gasteiger charge is 2.44. The minimum absolute atomic E-state index is 0.00522. The fourth-order valence-electron chi connectivity index (χ4n) is 5.26. The van der Waals surface area contributed by atoms with Crippen LogP contribution in [-0.4, -0.2) is 67.5 Å². The van der Waals surface area contributed by atoms with Gasteiger partial charge in [0.1, 0.15) is 29.9 Å². The van der Waals surface area contributed by atoms with Crippen LogP contribution in [0.5, 0.6) is 0 Å². The summed E-state index contributed by atoms with van der Waals surface area (Å²) in [5.41, 5.74) is -1.50. The van der Waals surface area contributed by atoms with Gasteiger partial charge in [0.2, 0.25) is 5.95 Å². The molecule has 0 aliphatic carbocycles. The molecule has 8 nitrogen and oxygen atoms in total. The topological polar surface area (TPSA) is 83.2 Å². The number of rotatable bonds is 6. The van der Waals surface area contributed by atoms with Crippen LogP contribution in [0, 0.1) is 22.9 Å². The maximum absolute atomic E-state index is 14.7. The van der Waals surface area contributed by atoms with Crippen molar-refractivity contribution in [1.82, 2.24) is 29.6 Å². The van der Waals surface area contributed by atoms with E-state index in [4.69, 9.17) is 0 Å². The van der Waals surface area contributed by atoms with Crippen molar-refractivity contribution < 1.29 is 18.3 Å². The summed E-state index contributed by atoms with van der Waals surface area (Å²) in [4.78, 5) is 16.3. The van der Waals surface area contributed by atoms with Crippen molar-refractivity contribution in [2.24, 2.45) is 5.41 Å². The van der Waals surface area contributed by atoms with Crippen molar-refractivity contribution in [3.8, 4) is 0 Å². The highest BCUT2D eigenvalue weighted by Crippen LogP contribution is 2.42. The number of halogens is 3. The largest absolute Gasteiger partial charge is 0.382 e. The molecule has 34 heavy (non-hydrogen) atoms. The van der Waals surface area contributed by atoms with Gasteiger partial charge in [0.25, 0.3) is 0 Å². The highest BCUT2D eigenvalue weighted by molar-refractivity contribution is 5.30. The number of hydrogen-bond acceptors (Lipinski definition) is 7. The summed E-state index contributed by atoms with van der Waals surface area (Å²) in [5.74, 6) is -1.41. The van der Waals surface area contributed by atoms with E-state index in [9.17, 15) is 18.3 Å². The van der Waals surface area contributed by atoms with Gasteiger partial charge in [-0.2, -0.15) is 5.10 Å². The van der Waals surface area contributed by atoms with Crippen LogP contribution in [0.1, 0.15) is 24.8 Å². The first kappa shape index (κ1) is 22.7. The van der Waals surface area contributed by atoms with Crippen LogP contribution in [-0.2, 0) is 12.1 Å². The maximum atomic E-state index is 14.7. The Morgan fingerprint density at radius 3 is 2.38 bits per heavy atom. The molecule has 2 aliphatic rings. The Hall–Kier alpha value is -3.05. The molecule has 1 unspecified atom stereocenters. The number of benzene rings is 1. The average Bonchev–Trinajstić information content (AvgIpc) is 3.45. The van der Waals surface area contributed by atoms with Gasteiger partial charge in [-0.25, -0.2) is 32.8 Å². The van der Waals surface area contributed by atoms with E-state index in [0.717, 1.165) is 57.6 Å². The van der Waals surface area contributed by atoms with Crippen molar-refractivity contribution in [2.45, 2.75) is 31.4 Å². The molecular weight excluding hydrogens is 447 g/mol. The predicted molar refractivity (Wildman–Crippen MR) is 117 cm³/mol. The molecule has 2 aromatic heterocycles. The lowest BCUT2D eigenvalue weighted by Crippen LogP contribution is -2.46. The van der Waals surface area contributed by atoms with E-state index in [1.807, 2.05) is 0 Å². The molecule has 2 saturated heterocycles. The number of hydrogen-bond donors (Lipinski definition) is 1. The Balaban J connectivity index is 1.29. The third-order valence-electron chi connectivity index (χ3n) is 7.04. The Morgan fingerprint density at radius 1 is 0.971 bits per heavy atom. The lowest BCUT2D eigenvalue weighted by Gasteiger charge is -2.40. The normalized spacial score (nSPS) is 20.1. The van der Waals surface area contributed by atoms with Crippen LogP contribution < -0.4 is 4.90 Å². The summed E-state index contributed by atoms with van der Waals surface area (Å²) in [6.45, 7) is 3.21. The second kappa shape index (κ2) is 8.95. The molecule has 3 aromatic rings. The van der Waals surface area contributed by atoms with Gasteiger partial charge in [-0.05, 0) is 37.3 Å². The fourth-order valence-corrected chi connectivity index (χ4v) is 5.26. The third-order valence-corrected chi connectivity index (χ3v) is 7.04. The third kappa shape index (κ3) is 4.62. The average molecular weight is 474 g/mol. The van der Waals surface area contributed by atoms with E-state index < -0.39 is 23.1 Å². The Labute approximate surface area is 195 Å². The second-order valence-corrected chi connectivity index (χ2v) is 9.40. The van der Waals surface area contributed by atoms with Gasteiger partial charge >= 0.3 is 0 Å². The summed E-state index contributed by atoms with van der Waals surface area (Å²) >= 11 is 0. The van der Waals surface area contributed by atoms with Crippen molar-refractivity contribution in [3.63, 3.8) is 0 Å². The van der Waals surface area contributed by atoms with Crippen molar-refractivity contribution in [2.75, 3.05) is 37.6 Å². The summed E-state index contributed by atoms with van der Waals surface area (Å²) < 4.78 is 42.9. The van der Waals surface area contributed by atoms with E-state index in [2.05, 4.69) is 29.9 Å². The van der Waals surface area contributed by atoms with Crippen LogP contribution in [0.2, 0.25) is 0 Å². The van der Waals surface area contributed by atoms with Gasteiger partial charge in [-0.15, -0.1) is 0 Å². The first-order chi connectivity index (χ1) is 16.3. The standard InChI is InChI=1S/C23H26F3N7O/c24-17-1-2-19(20(26)9-17)23(34,14-33-16-27-15-30-33)13-31-6-3-22(12-31)4-7-32(8-5-22)21-28-10-18(25)11-29-21/h1-2,9-11,15-16,34H,3-8,12-14H2. The number of piperidine rings is 1. The molecule has 5 rings (SSSR count). The van der Waals surface area contributed by atoms with Crippen LogP contribution in [0.15, 0.2) is 43.2 Å². The second-order valence-electron chi connectivity index (χ2n) is 9.40. The molecular formula is C23H26F3N7O. The lowest BCUT2D eigenvalue weighted by atomic mass is 9.78. The van der Waals surface area contributed by atoms with E-state index in [1.54, 1.807) is 0 Å². The number of aromatic nitrogens is 5. The molecule has 0 amide bonds. The van der Waals surface area contributed by atoms with Crippen molar-refractivity contribution in [1.29, 1.82) is 0 Å². The Bertz CT molecular complexity index is 1120. The Kier molecular flexibility index (Phi) is 5.98. The summed E-state index contributed by atoms with van der Waals surface area (Å²) in [7, 11) is 0. The number of nitrogens with zero attached hydrogens (tertiary/aromatic N) is 7.